The quantitative estimate of drug-likeness (QED) is 0.316. The van der Waals surface area contributed by atoms with E-state index < -0.39 is 29.9 Å². The predicted molar refractivity (Wildman–Crippen MR) is 103 cm³/mol. The lowest BCUT2D eigenvalue weighted by Gasteiger charge is -2.22. The standard InChI is InChI=1S/C18H29N5O4/c1-11(2)15(19)17(26)23-14(4-3-9-21-18(20)27)16(25)22-13-7-5-12(10-24)6-8-13/h5-8,11,14-15,24H,3-4,9-10,19H2,1-2H3,(H,22,25)(H,23,26)(H3,20,21,27)/t14-,15+/m0/s1. The molecule has 4 amide bonds. The van der Waals surface area contributed by atoms with Crippen molar-refractivity contribution in [2.75, 3.05) is 11.9 Å². The van der Waals surface area contributed by atoms with Crippen molar-refractivity contribution in [1.29, 1.82) is 0 Å². The van der Waals surface area contributed by atoms with Crippen LogP contribution in [0.1, 0.15) is 32.3 Å². The zero-order chi connectivity index (χ0) is 20.4. The first-order chi connectivity index (χ1) is 12.7. The van der Waals surface area contributed by atoms with Crippen LogP contribution in [-0.4, -0.2) is 41.6 Å². The van der Waals surface area contributed by atoms with Gasteiger partial charge in [-0.1, -0.05) is 26.0 Å². The fraction of sp³-hybridized carbons (Fsp3) is 0.500. The summed E-state index contributed by atoms with van der Waals surface area (Å²) in [6, 6.07) is 4.52. The number of urea groups is 1. The lowest BCUT2D eigenvalue weighted by Crippen LogP contribution is -2.51. The molecule has 0 aromatic heterocycles. The molecule has 0 bridgehead atoms. The summed E-state index contributed by atoms with van der Waals surface area (Å²) in [5.74, 6) is -0.880. The van der Waals surface area contributed by atoms with Gasteiger partial charge in [0.2, 0.25) is 11.8 Å². The van der Waals surface area contributed by atoms with E-state index in [9.17, 15) is 14.4 Å². The van der Waals surface area contributed by atoms with Gasteiger partial charge in [0.1, 0.15) is 6.04 Å². The third-order valence-corrected chi connectivity index (χ3v) is 4.03. The number of nitrogens with two attached hydrogens (primary N) is 2. The van der Waals surface area contributed by atoms with Crippen LogP contribution in [0, 0.1) is 5.92 Å². The Balaban J connectivity index is 2.75. The van der Waals surface area contributed by atoms with Crippen LogP contribution in [0.25, 0.3) is 0 Å². The van der Waals surface area contributed by atoms with Gasteiger partial charge in [-0.15, -0.1) is 0 Å². The third-order valence-electron chi connectivity index (χ3n) is 4.03. The van der Waals surface area contributed by atoms with Gasteiger partial charge in [-0.25, -0.2) is 4.79 Å². The molecule has 2 atom stereocenters. The molecule has 9 nitrogen and oxygen atoms in total. The second-order valence-electron chi connectivity index (χ2n) is 6.61. The van der Waals surface area contributed by atoms with Crippen molar-refractivity contribution >= 4 is 23.5 Å². The summed E-state index contributed by atoms with van der Waals surface area (Å²) in [6.45, 7) is 3.83. The Morgan fingerprint density at radius 1 is 1.11 bits per heavy atom. The molecule has 9 heteroatoms. The van der Waals surface area contributed by atoms with Crippen LogP contribution in [0.15, 0.2) is 24.3 Å². The summed E-state index contributed by atoms with van der Waals surface area (Å²) in [5, 5.41) is 16.9. The van der Waals surface area contributed by atoms with Crippen molar-refractivity contribution < 1.29 is 19.5 Å². The molecule has 0 spiro atoms. The lowest BCUT2D eigenvalue weighted by molar-refractivity contribution is -0.128. The van der Waals surface area contributed by atoms with Crippen molar-refractivity contribution in [3.8, 4) is 0 Å². The average molecular weight is 379 g/mol. The molecular formula is C18H29N5O4. The zero-order valence-corrected chi connectivity index (χ0v) is 15.7. The molecule has 1 aromatic carbocycles. The highest BCUT2D eigenvalue weighted by atomic mass is 16.3. The molecule has 0 saturated heterocycles. The molecule has 0 saturated carbocycles. The van der Waals surface area contributed by atoms with E-state index in [2.05, 4.69) is 16.0 Å². The minimum atomic E-state index is -0.811. The number of aliphatic hydroxyl groups excluding tert-OH is 1. The minimum Gasteiger partial charge on any atom is -0.392 e. The Hall–Kier alpha value is -2.65. The summed E-state index contributed by atoms with van der Waals surface area (Å²) in [4.78, 5) is 35.6. The average Bonchev–Trinajstić information content (AvgIpc) is 2.63. The van der Waals surface area contributed by atoms with Crippen LogP contribution < -0.4 is 27.4 Å². The lowest BCUT2D eigenvalue weighted by atomic mass is 10.0. The smallest absolute Gasteiger partial charge is 0.312 e. The van der Waals surface area contributed by atoms with E-state index in [4.69, 9.17) is 16.6 Å². The Bertz CT molecular complexity index is 633. The Morgan fingerprint density at radius 2 is 1.74 bits per heavy atom. The summed E-state index contributed by atoms with van der Waals surface area (Å²) in [6.07, 6.45) is 0.749. The molecule has 0 aliphatic rings. The van der Waals surface area contributed by atoms with Crippen molar-refractivity contribution in [2.45, 2.75) is 45.4 Å². The highest BCUT2D eigenvalue weighted by Gasteiger charge is 2.25. The first-order valence-electron chi connectivity index (χ1n) is 8.84. The van der Waals surface area contributed by atoms with Gasteiger partial charge in [-0.05, 0) is 36.5 Å². The molecule has 8 N–H and O–H groups in total. The fourth-order valence-electron chi connectivity index (χ4n) is 2.28. The largest absolute Gasteiger partial charge is 0.392 e. The Labute approximate surface area is 158 Å². The molecule has 150 valence electrons. The molecule has 0 heterocycles. The Morgan fingerprint density at radius 3 is 2.26 bits per heavy atom. The number of hydrogen-bond donors (Lipinski definition) is 6. The number of benzene rings is 1. The van der Waals surface area contributed by atoms with Crippen molar-refractivity contribution in [3.05, 3.63) is 29.8 Å². The maximum Gasteiger partial charge on any atom is 0.312 e. The van der Waals surface area contributed by atoms with Gasteiger partial charge in [-0.3, -0.25) is 9.59 Å². The fourth-order valence-corrected chi connectivity index (χ4v) is 2.28. The molecular weight excluding hydrogens is 350 g/mol. The van der Waals surface area contributed by atoms with Crippen LogP contribution in [-0.2, 0) is 16.2 Å². The molecule has 0 aliphatic carbocycles. The number of carbonyl (C=O) groups is 3. The molecule has 0 unspecified atom stereocenters. The topological polar surface area (TPSA) is 160 Å². The second-order valence-corrected chi connectivity index (χ2v) is 6.61. The predicted octanol–water partition coefficient (Wildman–Crippen LogP) is 0.0340. The van der Waals surface area contributed by atoms with Crippen molar-refractivity contribution in [3.63, 3.8) is 0 Å². The van der Waals surface area contributed by atoms with E-state index >= 15 is 0 Å². The SMILES string of the molecule is CC(C)[C@@H](N)C(=O)N[C@@H](CCCNC(N)=O)C(=O)Nc1ccc(CO)cc1. The number of nitrogens with one attached hydrogen (secondary N) is 3. The molecule has 1 rings (SSSR count). The van der Waals surface area contributed by atoms with E-state index in [1.165, 1.54) is 0 Å². The zero-order valence-electron chi connectivity index (χ0n) is 15.7. The van der Waals surface area contributed by atoms with Gasteiger partial charge in [0.15, 0.2) is 0 Å². The van der Waals surface area contributed by atoms with Gasteiger partial charge in [0.05, 0.1) is 12.6 Å². The maximum atomic E-state index is 12.6. The van der Waals surface area contributed by atoms with E-state index in [0.717, 1.165) is 5.56 Å². The van der Waals surface area contributed by atoms with E-state index in [1.54, 1.807) is 24.3 Å². The summed E-state index contributed by atoms with van der Waals surface area (Å²) < 4.78 is 0. The first-order valence-corrected chi connectivity index (χ1v) is 8.84. The van der Waals surface area contributed by atoms with Crippen LogP contribution in [0.4, 0.5) is 10.5 Å². The van der Waals surface area contributed by atoms with Crippen LogP contribution in [0.5, 0.6) is 0 Å². The normalized spacial score (nSPS) is 12.9. The van der Waals surface area contributed by atoms with Crippen molar-refractivity contribution in [1.82, 2.24) is 10.6 Å². The number of hydrogen-bond acceptors (Lipinski definition) is 5. The summed E-state index contributed by atoms with van der Waals surface area (Å²) in [5.41, 5.74) is 12.1. The van der Waals surface area contributed by atoms with E-state index in [1.807, 2.05) is 13.8 Å². The van der Waals surface area contributed by atoms with Crippen LogP contribution in [0.2, 0.25) is 0 Å². The monoisotopic (exact) mass is 379 g/mol. The maximum absolute atomic E-state index is 12.6. The van der Waals surface area contributed by atoms with E-state index in [0.29, 0.717) is 18.5 Å². The number of aliphatic hydroxyl groups is 1. The molecule has 1 aromatic rings. The number of carbonyl (C=O) groups excluding carboxylic acids is 3. The van der Waals surface area contributed by atoms with Gasteiger partial charge < -0.3 is 32.5 Å². The van der Waals surface area contributed by atoms with Gasteiger partial charge >= 0.3 is 6.03 Å². The molecule has 0 aliphatic heterocycles. The van der Waals surface area contributed by atoms with Crippen molar-refractivity contribution in [2.24, 2.45) is 17.4 Å². The van der Waals surface area contributed by atoms with E-state index in [-0.39, 0.29) is 19.1 Å². The van der Waals surface area contributed by atoms with Crippen LogP contribution in [0.3, 0.4) is 0 Å². The van der Waals surface area contributed by atoms with Gasteiger partial charge in [0.25, 0.3) is 0 Å². The Kier molecular flexibility index (Phi) is 9.24. The highest BCUT2D eigenvalue weighted by molar-refractivity contribution is 5.97. The minimum absolute atomic E-state index is 0.0729. The second kappa shape index (κ2) is 11.1. The first kappa shape index (κ1) is 22.4. The summed E-state index contributed by atoms with van der Waals surface area (Å²) >= 11 is 0. The number of rotatable bonds is 10. The third kappa shape index (κ3) is 8.06. The number of primary amides is 1. The number of amides is 4. The summed E-state index contributed by atoms with van der Waals surface area (Å²) in [7, 11) is 0. The highest BCUT2D eigenvalue weighted by Crippen LogP contribution is 2.11. The van der Waals surface area contributed by atoms with Crippen LogP contribution >= 0.6 is 0 Å². The van der Waals surface area contributed by atoms with Gasteiger partial charge in [-0.2, -0.15) is 0 Å². The molecule has 0 fully saturated rings. The van der Waals surface area contributed by atoms with Gasteiger partial charge in [0, 0.05) is 12.2 Å². The number of anilines is 1. The molecule has 27 heavy (non-hydrogen) atoms. The molecule has 0 radical (unpaired) electrons.